The second-order valence-corrected chi connectivity index (χ2v) is 7.35. The van der Waals surface area contributed by atoms with Crippen molar-refractivity contribution in [3.63, 3.8) is 0 Å². The van der Waals surface area contributed by atoms with Gasteiger partial charge in [0.25, 0.3) is 11.8 Å². The Morgan fingerprint density at radius 3 is 2.58 bits per heavy atom. The van der Waals surface area contributed by atoms with Crippen molar-refractivity contribution in [1.82, 2.24) is 10.2 Å². The summed E-state index contributed by atoms with van der Waals surface area (Å²) in [5.74, 6) is 1.39. The first-order valence-corrected chi connectivity index (χ1v) is 9.44. The average Bonchev–Trinajstić information content (AvgIpc) is 3.50. The first-order chi connectivity index (χ1) is 12.6. The lowest BCUT2D eigenvalue weighted by Crippen LogP contribution is -3.19. The lowest BCUT2D eigenvalue weighted by molar-refractivity contribution is -0.918. The Morgan fingerprint density at radius 2 is 1.88 bits per heavy atom. The summed E-state index contributed by atoms with van der Waals surface area (Å²) in [7, 11) is 0. The zero-order valence-corrected chi connectivity index (χ0v) is 15.1. The van der Waals surface area contributed by atoms with E-state index in [-0.39, 0.29) is 24.5 Å². The number of piperazine rings is 1. The van der Waals surface area contributed by atoms with E-state index in [1.54, 1.807) is 0 Å². The molecular weight excluding hydrogens is 334 g/mol. The third kappa shape index (κ3) is 3.62. The predicted molar refractivity (Wildman–Crippen MR) is 94.3 cm³/mol. The molecule has 4 rings (SSSR count). The summed E-state index contributed by atoms with van der Waals surface area (Å²) >= 11 is 0. The first-order valence-electron chi connectivity index (χ1n) is 9.44. The minimum absolute atomic E-state index is 0.0337. The van der Waals surface area contributed by atoms with Gasteiger partial charge < -0.3 is 24.6 Å². The van der Waals surface area contributed by atoms with Crippen LogP contribution in [0, 0.1) is 0 Å². The van der Waals surface area contributed by atoms with Crippen molar-refractivity contribution < 1.29 is 24.0 Å². The largest absolute Gasteiger partial charge is 0.485 e. The summed E-state index contributed by atoms with van der Waals surface area (Å²) < 4.78 is 11.5. The van der Waals surface area contributed by atoms with Gasteiger partial charge in [-0.2, -0.15) is 0 Å². The maximum absolute atomic E-state index is 12.8. The molecule has 0 radical (unpaired) electrons. The summed E-state index contributed by atoms with van der Waals surface area (Å²) in [6.45, 7) is 5.03. The van der Waals surface area contributed by atoms with Gasteiger partial charge in [-0.25, -0.2) is 0 Å². The van der Waals surface area contributed by atoms with E-state index in [4.69, 9.17) is 9.47 Å². The topological polar surface area (TPSA) is 72.3 Å². The quantitative estimate of drug-likeness (QED) is 0.739. The number of nitrogens with zero attached hydrogens (tertiary/aromatic N) is 1. The molecule has 7 heteroatoms. The van der Waals surface area contributed by atoms with Crippen LogP contribution in [-0.2, 0) is 9.59 Å². The lowest BCUT2D eigenvalue weighted by Gasteiger charge is -2.37. The van der Waals surface area contributed by atoms with E-state index in [9.17, 15) is 9.59 Å². The Balaban J connectivity index is 1.29. The summed E-state index contributed by atoms with van der Waals surface area (Å²) in [5.41, 5.74) is 0. The van der Waals surface area contributed by atoms with Crippen LogP contribution in [0.4, 0.5) is 0 Å². The number of nitrogens with one attached hydrogen (secondary N) is 2. The highest BCUT2D eigenvalue weighted by molar-refractivity contribution is 5.82. The van der Waals surface area contributed by atoms with Gasteiger partial charge in [0.05, 0.1) is 26.2 Å². The minimum atomic E-state index is -0.595. The molecule has 0 aromatic heterocycles. The van der Waals surface area contributed by atoms with Crippen LogP contribution in [0.2, 0.25) is 0 Å². The molecule has 2 atom stereocenters. The van der Waals surface area contributed by atoms with E-state index in [0.29, 0.717) is 30.6 Å². The number of para-hydroxylation sites is 2. The van der Waals surface area contributed by atoms with Crippen LogP contribution in [0.5, 0.6) is 11.5 Å². The molecule has 2 N–H and O–H groups in total. The van der Waals surface area contributed by atoms with Gasteiger partial charge >= 0.3 is 0 Å². The molecular formula is C19H26N3O4+. The van der Waals surface area contributed by atoms with Crippen molar-refractivity contribution in [3.8, 4) is 11.5 Å². The molecule has 2 fully saturated rings. The zero-order chi connectivity index (χ0) is 18.1. The van der Waals surface area contributed by atoms with Crippen molar-refractivity contribution >= 4 is 11.8 Å². The van der Waals surface area contributed by atoms with E-state index in [0.717, 1.165) is 25.9 Å². The van der Waals surface area contributed by atoms with Gasteiger partial charge in [0, 0.05) is 6.04 Å². The van der Waals surface area contributed by atoms with Crippen molar-refractivity contribution in [3.05, 3.63) is 24.3 Å². The molecule has 140 valence electrons. The monoisotopic (exact) mass is 360 g/mol. The van der Waals surface area contributed by atoms with E-state index in [2.05, 4.69) is 5.32 Å². The molecule has 2 heterocycles. The maximum Gasteiger partial charge on any atom is 0.278 e. The third-order valence-electron chi connectivity index (χ3n) is 5.43. The number of carbonyl (C=O) groups excluding carboxylic acids is 2. The van der Waals surface area contributed by atoms with E-state index < -0.39 is 6.10 Å². The molecule has 1 saturated carbocycles. The Hall–Kier alpha value is -2.28. The molecule has 1 saturated heterocycles. The van der Waals surface area contributed by atoms with Crippen LogP contribution in [0.15, 0.2) is 24.3 Å². The maximum atomic E-state index is 12.8. The molecule has 0 unspecified atom stereocenters. The molecule has 1 aromatic rings. The Labute approximate surface area is 153 Å². The zero-order valence-electron chi connectivity index (χ0n) is 15.1. The summed E-state index contributed by atoms with van der Waals surface area (Å²) in [6, 6.07) is 7.72. The molecule has 7 nitrogen and oxygen atoms in total. The molecule has 2 amide bonds. The number of benzene rings is 1. The minimum Gasteiger partial charge on any atom is -0.485 e. The highest BCUT2D eigenvalue weighted by Gasteiger charge is 2.36. The summed E-state index contributed by atoms with van der Waals surface area (Å²) in [5, 5.41) is 3.07. The second kappa shape index (κ2) is 7.15. The fraction of sp³-hybridized carbons (Fsp3) is 0.579. The number of rotatable bonds is 4. The number of carbonyl (C=O) groups is 2. The molecule has 0 bridgehead atoms. The van der Waals surface area contributed by atoms with Crippen LogP contribution in [0.1, 0.15) is 19.8 Å². The molecule has 3 aliphatic rings. The number of ether oxygens (including phenoxy) is 2. The number of amides is 2. The number of fused-ring (bicyclic) bond motifs is 1. The molecule has 26 heavy (non-hydrogen) atoms. The van der Waals surface area contributed by atoms with Gasteiger partial charge in [0.15, 0.2) is 17.5 Å². The van der Waals surface area contributed by atoms with Gasteiger partial charge in [-0.3, -0.25) is 9.59 Å². The number of quaternary nitrogens is 1. The average molecular weight is 360 g/mol. The van der Waals surface area contributed by atoms with Gasteiger partial charge in [-0.05, 0) is 31.9 Å². The lowest BCUT2D eigenvalue weighted by atomic mass is 10.2. The third-order valence-corrected chi connectivity index (χ3v) is 5.43. The summed E-state index contributed by atoms with van der Waals surface area (Å²) in [4.78, 5) is 28.0. The van der Waals surface area contributed by atoms with Crippen molar-refractivity contribution in [1.29, 1.82) is 0 Å². The van der Waals surface area contributed by atoms with Crippen LogP contribution in [-0.4, -0.2) is 67.7 Å². The van der Waals surface area contributed by atoms with Gasteiger partial charge in [0.1, 0.15) is 6.61 Å². The fourth-order valence-corrected chi connectivity index (χ4v) is 3.53. The number of hydrogen-bond donors (Lipinski definition) is 2. The predicted octanol–water partition coefficient (Wildman–Crippen LogP) is -0.779. The second-order valence-electron chi connectivity index (χ2n) is 7.35. The van der Waals surface area contributed by atoms with Crippen LogP contribution in [0.25, 0.3) is 0 Å². The Bertz CT molecular complexity index is 683. The molecule has 2 aliphatic heterocycles. The SMILES string of the molecule is C[C@@H](C(=O)NC1CC1)[NH+]1CCN(C(=O)[C@H]2COc3ccccc3O2)CC1. The van der Waals surface area contributed by atoms with Crippen LogP contribution >= 0.6 is 0 Å². The van der Waals surface area contributed by atoms with E-state index in [1.165, 1.54) is 4.90 Å². The van der Waals surface area contributed by atoms with Crippen molar-refractivity contribution in [2.24, 2.45) is 0 Å². The Kier molecular flexibility index (Phi) is 4.72. The van der Waals surface area contributed by atoms with Crippen LogP contribution in [0.3, 0.4) is 0 Å². The number of hydrogen-bond acceptors (Lipinski definition) is 4. The standard InChI is InChI=1S/C19H25N3O4/c1-13(18(23)20-14-6-7-14)21-8-10-22(11-9-21)19(24)17-12-25-15-4-2-3-5-16(15)26-17/h2-5,13-14,17H,6-12H2,1H3,(H,20,23)/p+1/t13-,17+/m0/s1. The normalized spacial score (nSPS) is 24.0. The molecule has 1 aromatic carbocycles. The Morgan fingerprint density at radius 1 is 1.19 bits per heavy atom. The highest BCUT2D eigenvalue weighted by atomic mass is 16.6. The van der Waals surface area contributed by atoms with Gasteiger partial charge in [-0.1, -0.05) is 12.1 Å². The van der Waals surface area contributed by atoms with E-state index >= 15 is 0 Å². The first kappa shape index (κ1) is 17.1. The van der Waals surface area contributed by atoms with Crippen LogP contribution < -0.4 is 19.7 Å². The molecule has 1 aliphatic carbocycles. The van der Waals surface area contributed by atoms with Gasteiger partial charge in [-0.15, -0.1) is 0 Å². The van der Waals surface area contributed by atoms with Crippen molar-refractivity contribution in [2.75, 3.05) is 32.8 Å². The summed E-state index contributed by atoms with van der Waals surface area (Å²) in [6.07, 6.45) is 1.60. The molecule has 0 spiro atoms. The van der Waals surface area contributed by atoms with E-state index in [1.807, 2.05) is 36.1 Å². The van der Waals surface area contributed by atoms with Gasteiger partial charge in [0.2, 0.25) is 6.10 Å². The fourth-order valence-electron chi connectivity index (χ4n) is 3.53. The van der Waals surface area contributed by atoms with Crippen molar-refractivity contribution in [2.45, 2.75) is 38.0 Å². The highest BCUT2D eigenvalue weighted by Crippen LogP contribution is 2.31. The smallest absolute Gasteiger partial charge is 0.278 e.